The maximum Gasteiger partial charge on any atom is 0.265 e. The Bertz CT molecular complexity index is 686. The lowest BCUT2D eigenvalue weighted by Crippen LogP contribution is -2.31. The number of hydrogen-bond acceptors (Lipinski definition) is 1. The van der Waals surface area contributed by atoms with Gasteiger partial charge in [0, 0.05) is 5.10 Å². The highest BCUT2D eigenvalue weighted by atomic mass is 15.3. The Morgan fingerprint density at radius 2 is 1.80 bits per heavy atom. The van der Waals surface area contributed by atoms with Crippen molar-refractivity contribution < 1.29 is 4.57 Å². The molecule has 0 radical (unpaired) electrons. The molecular formula is C17H18N3+. The summed E-state index contributed by atoms with van der Waals surface area (Å²) in [7, 11) is 0. The Morgan fingerprint density at radius 1 is 1.00 bits per heavy atom. The van der Waals surface area contributed by atoms with Gasteiger partial charge in [-0.25, -0.2) is 4.57 Å². The first-order valence-corrected chi connectivity index (χ1v) is 6.80. The highest BCUT2D eigenvalue weighted by Gasteiger charge is 2.07. The third kappa shape index (κ3) is 3.12. The molecular weight excluding hydrogens is 246 g/mol. The molecule has 100 valence electrons. The third-order valence-corrected chi connectivity index (χ3v) is 3.26. The molecule has 3 nitrogen and oxygen atoms in total. The van der Waals surface area contributed by atoms with Gasteiger partial charge in [0.1, 0.15) is 6.54 Å². The smallest absolute Gasteiger partial charge is 0.233 e. The molecule has 0 spiro atoms. The SMILES string of the molecule is Cc1cccc(Cn2c[n+](Cc3ccccc3)cn2)c1. The van der Waals surface area contributed by atoms with Crippen LogP contribution in [0.1, 0.15) is 16.7 Å². The van der Waals surface area contributed by atoms with Crippen molar-refractivity contribution in [2.75, 3.05) is 0 Å². The standard InChI is InChI=1S/C17H18N3/c1-15-6-5-9-17(10-15)12-20-14-19(13-18-20)11-16-7-3-2-4-8-16/h2-10,13-14H,11-12H2,1H3/q+1. The van der Waals surface area contributed by atoms with Gasteiger partial charge in [-0.15, -0.1) is 4.68 Å². The minimum absolute atomic E-state index is 0.809. The van der Waals surface area contributed by atoms with Crippen LogP contribution in [0.4, 0.5) is 0 Å². The van der Waals surface area contributed by atoms with Crippen molar-refractivity contribution in [2.45, 2.75) is 20.0 Å². The fourth-order valence-electron chi connectivity index (χ4n) is 2.32. The summed E-state index contributed by atoms with van der Waals surface area (Å²) in [4.78, 5) is 0. The van der Waals surface area contributed by atoms with E-state index in [9.17, 15) is 0 Å². The van der Waals surface area contributed by atoms with Crippen molar-refractivity contribution in [3.8, 4) is 0 Å². The molecule has 0 unspecified atom stereocenters. The van der Waals surface area contributed by atoms with Gasteiger partial charge in [0.05, 0.1) is 6.54 Å². The monoisotopic (exact) mass is 264 g/mol. The minimum Gasteiger partial charge on any atom is -0.233 e. The lowest BCUT2D eigenvalue weighted by molar-refractivity contribution is -0.689. The van der Waals surface area contributed by atoms with Crippen LogP contribution < -0.4 is 4.57 Å². The first-order chi connectivity index (χ1) is 9.79. The third-order valence-electron chi connectivity index (χ3n) is 3.26. The summed E-state index contributed by atoms with van der Waals surface area (Å²) >= 11 is 0. The maximum atomic E-state index is 4.42. The van der Waals surface area contributed by atoms with E-state index in [1.807, 2.05) is 17.1 Å². The van der Waals surface area contributed by atoms with E-state index in [0.717, 1.165) is 13.1 Å². The van der Waals surface area contributed by atoms with Crippen LogP contribution in [0.25, 0.3) is 0 Å². The second kappa shape index (κ2) is 5.70. The maximum absolute atomic E-state index is 4.42. The second-order valence-electron chi connectivity index (χ2n) is 5.09. The lowest BCUT2D eigenvalue weighted by atomic mass is 10.1. The van der Waals surface area contributed by atoms with Gasteiger partial charge in [-0.3, -0.25) is 0 Å². The van der Waals surface area contributed by atoms with E-state index >= 15 is 0 Å². The van der Waals surface area contributed by atoms with Crippen LogP contribution in [0.2, 0.25) is 0 Å². The normalized spacial score (nSPS) is 10.7. The Balaban J connectivity index is 1.71. The molecule has 0 amide bonds. The number of nitrogens with zero attached hydrogens (tertiary/aromatic N) is 3. The molecule has 3 heteroatoms. The predicted octanol–water partition coefficient (Wildman–Crippen LogP) is 2.58. The molecule has 0 fully saturated rings. The highest BCUT2D eigenvalue weighted by molar-refractivity contribution is 5.22. The summed E-state index contributed by atoms with van der Waals surface area (Å²) < 4.78 is 4.07. The molecule has 0 saturated carbocycles. The molecule has 0 aliphatic rings. The Hall–Kier alpha value is -2.42. The summed E-state index contributed by atoms with van der Waals surface area (Å²) in [6, 6.07) is 19.0. The topological polar surface area (TPSA) is 21.7 Å². The van der Waals surface area contributed by atoms with Gasteiger partial charge < -0.3 is 0 Å². The van der Waals surface area contributed by atoms with Crippen molar-refractivity contribution in [3.05, 3.63) is 83.9 Å². The summed E-state index contributed by atoms with van der Waals surface area (Å²) in [6.07, 6.45) is 3.93. The van der Waals surface area contributed by atoms with Crippen LogP contribution in [-0.2, 0) is 13.1 Å². The first-order valence-electron chi connectivity index (χ1n) is 6.80. The lowest BCUT2D eigenvalue weighted by Gasteiger charge is -1.98. The number of rotatable bonds is 4. The largest absolute Gasteiger partial charge is 0.265 e. The zero-order valence-electron chi connectivity index (χ0n) is 11.6. The van der Waals surface area contributed by atoms with Crippen LogP contribution in [0.3, 0.4) is 0 Å². The van der Waals surface area contributed by atoms with E-state index in [1.54, 1.807) is 0 Å². The Kier molecular flexibility index (Phi) is 3.59. The van der Waals surface area contributed by atoms with Gasteiger partial charge >= 0.3 is 0 Å². The summed E-state index contributed by atoms with van der Waals surface area (Å²) in [5.41, 5.74) is 3.85. The van der Waals surface area contributed by atoms with Crippen LogP contribution in [0.15, 0.2) is 67.3 Å². The molecule has 0 aliphatic carbocycles. The number of aryl methyl sites for hydroxylation is 1. The number of benzene rings is 2. The zero-order valence-corrected chi connectivity index (χ0v) is 11.6. The zero-order chi connectivity index (χ0) is 13.8. The van der Waals surface area contributed by atoms with Crippen LogP contribution in [-0.4, -0.2) is 9.78 Å². The van der Waals surface area contributed by atoms with Gasteiger partial charge in [-0.1, -0.05) is 60.2 Å². The van der Waals surface area contributed by atoms with Gasteiger partial charge in [0.25, 0.3) is 6.33 Å². The van der Waals surface area contributed by atoms with Crippen LogP contribution in [0.5, 0.6) is 0 Å². The van der Waals surface area contributed by atoms with Gasteiger partial charge in [-0.2, -0.15) is 0 Å². The number of hydrogen-bond donors (Lipinski definition) is 0. The van der Waals surface area contributed by atoms with Crippen molar-refractivity contribution in [3.63, 3.8) is 0 Å². The Morgan fingerprint density at radius 3 is 2.60 bits per heavy atom. The Labute approximate surface area is 119 Å². The van der Waals surface area contributed by atoms with E-state index < -0.39 is 0 Å². The highest BCUT2D eigenvalue weighted by Crippen LogP contribution is 2.05. The molecule has 0 saturated heterocycles. The summed E-state index contributed by atoms with van der Waals surface area (Å²) in [5.74, 6) is 0. The fraction of sp³-hybridized carbons (Fsp3) is 0.176. The minimum atomic E-state index is 0.809. The van der Waals surface area contributed by atoms with Crippen molar-refractivity contribution in [1.29, 1.82) is 0 Å². The summed E-state index contributed by atoms with van der Waals surface area (Å²) in [6.45, 7) is 3.78. The average molecular weight is 264 g/mol. The van der Waals surface area contributed by atoms with Crippen LogP contribution >= 0.6 is 0 Å². The molecule has 0 N–H and O–H groups in total. The summed E-state index contributed by atoms with van der Waals surface area (Å²) in [5, 5.41) is 4.42. The van der Waals surface area contributed by atoms with Crippen molar-refractivity contribution >= 4 is 0 Å². The van der Waals surface area contributed by atoms with Crippen LogP contribution in [0, 0.1) is 6.92 Å². The second-order valence-corrected chi connectivity index (χ2v) is 5.09. The molecule has 2 aromatic carbocycles. The molecule has 0 bridgehead atoms. The molecule has 1 heterocycles. The molecule has 20 heavy (non-hydrogen) atoms. The van der Waals surface area contributed by atoms with E-state index in [1.165, 1.54) is 16.7 Å². The van der Waals surface area contributed by atoms with Gasteiger partial charge in [-0.05, 0) is 18.1 Å². The van der Waals surface area contributed by atoms with E-state index in [-0.39, 0.29) is 0 Å². The van der Waals surface area contributed by atoms with Crippen molar-refractivity contribution in [1.82, 2.24) is 9.78 Å². The molecule has 3 aromatic rings. The first kappa shape index (κ1) is 12.6. The number of aromatic nitrogens is 3. The molecule has 1 aromatic heterocycles. The van der Waals surface area contributed by atoms with Crippen molar-refractivity contribution in [2.24, 2.45) is 0 Å². The molecule has 0 aliphatic heterocycles. The predicted molar refractivity (Wildman–Crippen MR) is 78.2 cm³/mol. The molecule has 0 atom stereocenters. The quantitative estimate of drug-likeness (QED) is 0.664. The van der Waals surface area contributed by atoms with Gasteiger partial charge in [0.2, 0.25) is 6.33 Å². The van der Waals surface area contributed by atoms with E-state index in [4.69, 9.17) is 0 Å². The average Bonchev–Trinajstić information content (AvgIpc) is 2.87. The fourth-order valence-corrected chi connectivity index (χ4v) is 2.32. The van der Waals surface area contributed by atoms with E-state index in [0.29, 0.717) is 0 Å². The van der Waals surface area contributed by atoms with E-state index in [2.05, 4.69) is 71.4 Å². The molecule has 3 rings (SSSR count). The van der Waals surface area contributed by atoms with Gasteiger partial charge in [0.15, 0.2) is 0 Å².